The van der Waals surface area contributed by atoms with Crippen LogP contribution in [0.1, 0.15) is 6.42 Å². The van der Waals surface area contributed by atoms with Crippen LogP contribution in [0.5, 0.6) is 0 Å². The predicted octanol–water partition coefficient (Wildman–Crippen LogP) is -0.385. The lowest BCUT2D eigenvalue weighted by Gasteiger charge is -2.19. The molecular weight excluding hydrogens is 140 g/mol. The number of rotatable bonds is 3. The van der Waals surface area contributed by atoms with Crippen LogP contribution in [0.15, 0.2) is 0 Å². The van der Waals surface area contributed by atoms with E-state index in [4.69, 9.17) is 5.11 Å². The molecule has 3 nitrogen and oxygen atoms in total. The fraction of sp³-hybridized carbons (Fsp3) is 1.00. The van der Waals surface area contributed by atoms with Gasteiger partial charge in [-0.2, -0.15) is 0 Å². The van der Waals surface area contributed by atoms with Gasteiger partial charge in [-0.3, -0.25) is 4.90 Å². The molecule has 1 saturated heterocycles. The molecule has 1 heterocycles. The van der Waals surface area contributed by atoms with Gasteiger partial charge in [-0.25, -0.2) is 0 Å². The first kappa shape index (κ1) is 8.97. The first-order valence-corrected chi connectivity index (χ1v) is 4.23. The van der Waals surface area contributed by atoms with Crippen molar-refractivity contribution in [3.8, 4) is 0 Å². The van der Waals surface area contributed by atoms with Gasteiger partial charge in [0, 0.05) is 19.1 Å². The molecule has 0 saturated carbocycles. The molecule has 0 bridgehead atoms. The molecule has 66 valence electrons. The van der Waals surface area contributed by atoms with Crippen molar-refractivity contribution in [3.63, 3.8) is 0 Å². The normalized spacial score (nSPS) is 26.7. The molecule has 0 aromatic rings. The second kappa shape index (κ2) is 4.04. The standard InChI is InChI=1S/C8H18N2O/c1-9(2)8-3-4-10(7-8)5-6-11/h8,11H,3-7H2,1-2H3. The van der Waals surface area contributed by atoms with E-state index >= 15 is 0 Å². The molecular formula is C8H18N2O. The van der Waals surface area contributed by atoms with Crippen LogP contribution >= 0.6 is 0 Å². The van der Waals surface area contributed by atoms with Crippen LogP contribution < -0.4 is 0 Å². The fourth-order valence-electron chi connectivity index (χ4n) is 1.58. The molecule has 0 amide bonds. The third kappa shape index (κ3) is 2.43. The predicted molar refractivity (Wildman–Crippen MR) is 45.6 cm³/mol. The van der Waals surface area contributed by atoms with Gasteiger partial charge >= 0.3 is 0 Å². The molecule has 1 N–H and O–H groups in total. The molecule has 0 aliphatic carbocycles. The Bertz CT molecular complexity index is 117. The Hall–Kier alpha value is -0.120. The SMILES string of the molecule is CN(C)C1CCN(CCO)C1. The van der Waals surface area contributed by atoms with Crippen molar-refractivity contribution in [3.05, 3.63) is 0 Å². The Balaban J connectivity index is 2.23. The lowest BCUT2D eigenvalue weighted by Crippen LogP contribution is -2.32. The molecule has 0 radical (unpaired) electrons. The van der Waals surface area contributed by atoms with Gasteiger partial charge in [-0.1, -0.05) is 0 Å². The molecule has 1 fully saturated rings. The zero-order valence-corrected chi connectivity index (χ0v) is 7.45. The van der Waals surface area contributed by atoms with Crippen LogP contribution in [0.3, 0.4) is 0 Å². The van der Waals surface area contributed by atoms with E-state index in [9.17, 15) is 0 Å². The maximum atomic E-state index is 8.70. The maximum Gasteiger partial charge on any atom is 0.0558 e. The van der Waals surface area contributed by atoms with Gasteiger partial charge in [0.2, 0.25) is 0 Å². The van der Waals surface area contributed by atoms with Gasteiger partial charge in [0.1, 0.15) is 0 Å². The number of hydrogen-bond donors (Lipinski definition) is 1. The molecule has 11 heavy (non-hydrogen) atoms. The van der Waals surface area contributed by atoms with E-state index in [1.165, 1.54) is 6.42 Å². The number of hydrogen-bond acceptors (Lipinski definition) is 3. The van der Waals surface area contributed by atoms with Gasteiger partial charge in [-0.15, -0.1) is 0 Å². The lowest BCUT2D eigenvalue weighted by atomic mass is 10.2. The van der Waals surface area contributed by atoms with Crippen LogP contribution in [0, 0.1) is 0 Å². The Morgan fingerprint density at radius 3 is 2.73 bits per heavy atom. The quantitative estimate of drug-likeness (QED) is 0.606. The van der Waals surface area contributed by atoms with Crippen molar-refractivity contribution in [2.24, 2.45) is 0 Å². The first-order chi connectivity index (χ1) is 5.24. The van der Waals surface area contributed by atoms with Crippen LogP contribution in [-0.4, -0.2) is 61.3 Å². The number of β-amino-alcohol motifs (C(OH)–C–C–N with tert-alkyl or cyclic N) is 1. The summed E-state index contributed by atoms with van der Waals surface area (Å²) in [6, 6.07) is 0.696. The van der Waals surface area contributed by atoms with Crippen molar-refractivity contribution in [1.29, 1.82) is 0 Å². The molecule has 1 atom stereocenters. The molecule has 0 aromatic heterocycles. The lowest BCUT2D eigenvalue weighted by molar-refractivity contribution is 0.208. The largest absolute Gasteiger partial charge is 0.395 e. The number of likely N-dealkylation sites (tertiary alicyclic amines) is 1. The van der Waals surface area contributed by atoms with Crippen molar-refractivity contribution in [1.82, 2.24) is 9.80 Å². The van der Waals surface area contributed by atoms with E-state index in [1.54, 1.807) is 0 Å². The summed E-state index contributed by atoms with van der Waals surface area (Å²) < 4.78 is 0. The Kier molecular flexibility index (Phi) is 3.30. The van der Waals surface area contributed by atoms with E-state index in [0.29, 0.717) is 12.6 Å². The number of nitrogens with zero attached hydrogens (tertiary/aromatic N) is 2. The Morgan fingerprint density at radius 1 is 1.55 bits per heavy atom. The van der Waals surface area contributed by atoms with E-state index in [0.717, 1.165) is 19.6 Å². The minimum atomic E-state index is 0.292. The zero-order chi connectivity index (χ0) is 8.27. The summed E-state index contributed by atoms with van der Waals surface area (Å²) in [7, 11) is 4.24. The smallest absolute Gasteiger partial charge is 0.0558 e. The van der Waals surface area contributed by atoms with Crippen LogP contribution in [0.4, 0.5) is 0 Å². The number of aliphatic hydroxyl groups is 1. The van der Waals surface area contributed by atoms with Crippen LogP contribution in [0.2, 0.25) is 0 Å². The van der Waals surface area contributed by atoms with Gasteiger partial charge < -0.3 is 10.0 Å². The summed E-state index contributed by atoms with van der Waals surface area (Å²) >= 11 is 0. The Morgan fingerprint density at radius 2 is 2.27 bits per heavy atom. The highest BCUT2D eigenvalue weighted by Gasteiger charge is 2.22. The second-order valence-electron chi connectivity index (χ2n) is 3.43. The highest BCUT2D eigenvalue weighted by Crippen LogP contribution is 2.11. The van der Waals surface area contributed by atoms with Gasteiger partial charge in [0.05, 0.1) is 6.61 Å². The second-order valence-corrected chi connectivity index (χ2v) is 3.43. The van der Waals surface area contributed by atoms with Crippen molar-refractivity contribution < 1.29 is 5.11 Å². The minimum absolute atomic E-state index is 0.292. The first-order valence-electron chi connectivity index (χ1n) is 4.23. The molecule has 1 aliphatic heterocycles. The van der Waals surface area contributed by atoms with E-state index < -0.39 is 0 Å². The van der Waals surface area contributed by atoms with E-state index in [-0.39, 0.29) is 0 Å². The third-order valence-corrected chi connectivity index (χ3v) is 2.39. The van der Waals surface area contributed by atoms with Gasteiger partial charge in [0.25, 0.3) is 0 Å². The van der Waals surface area contributed by atoms with Gasteiger partial charge in [0.15, 0.2) is 0 Å². The van der Waals surface area contributed by atoms with Crippen LogP contribution in [-0.2, 0) is 0 Å². The van der Waals surface area contributed by atoms with E-state index in [1.807, 2.05) is 0 Å². The number of likely N-dealkylation sites (N-methyl/N-ethyl adjacent to an activating group) is 1. The van der Waals surface area contributed by atoms with Crippen molar-refractivity contribution in [2.45, 2.75) is 12.5 Å². The minimum Gasteiger partial charge on any atom is -0.395 e. The molecule has 1 rings (SSSR count). The summed E-state index contributed by atoms with van der Waals surface area (Å²) in [4.78, 5) is 4.57. The molecule has 1 unspecified atom stereocenters. The van der Waals surface area contributed by atoms with Crippen LogP contribution in [0.25, 0.3) is 0 Å². The highest BCUT2D eigenvalue weighted by molar-refractivity contribution is 4.80. The highest BCUT2D eigenvalue weighted by atomic mass is 16.3. The molecule has 3 heteroatoms. The fourth-order valence-corrected chi connectivity index (χ4v) is 1.58. The van der Waals surface area contributed by atoms with E-state index in [2.05, 4.69) is 23.9 Å². The maximum absolute atomic E-state index is 8.70. The zero-order valence-electron chi connectivity index (χ0n) is 7.45. The average molecular weight is 158 g/mol. The summed E-state index contributed by atoms with van der Waals surface area (Å²) in [6.07, 6.45) is 1.24. The summed E-state index contributed by atoms with van der Waals surface area (Å²) in [5, 5.41) is 8.70. The summed E-state index contributed by atoms with van der Waals surface area (Å²) in [5.74, 6) is 0. The van der Waals surface area contributed by atoms with Crippen molar-refractivity contribution >= 4 is 0 Å². The molecule has 1 aliphatic rings. The topological polar surface area (TPSA) is 26.7 Å². The monoisotopic (exact) mass is 158 g/mol. The number of aliphatic hydroxyl groups excluding tert-OH is 1. The Labute approximate surface area is 68.6 Å². The summed E-state index contributed by atoms with van der Waals surface area (Å²) in [6.45, 7) is 3.39. The summed E-state index contributed by atoms with van der Waals surface area (Å²) in [5.41, 5.74) is 0. The molecule has 0 spiro atoms. The third-order valence-electron chi connectivity index (χ3n) is 2.39. The average Bonchev–Trinajstić information content (AvgIpc) is 2.37. The molecule has 0 aromatic carbocycles. The van der Waals surface area contributed by atoms with Gasteiger partial charge in [-0.05, 0) is 27.1 Å². The van der Waals surface area contributed by atoms with Crippen molar-refractivity contribution in [2.75, 3.05) is 40.3 Å².